The normalized spacial score (nSPS) is 14.7. The molecule has 2 nitrogen and oxygen atoms in total. The van der Waals surface area contributed by atoms with Gasteiger partial charge in [0.1, 0.15) is 10.5 Å². The molecule has 0 saturated carbocycles. The lowest BCUT2D eigenvalue weighted by Gasteiger charge is -2.10. The van der Waals surface area contributed by atoms with E-state index in [0.717, 1.165) is 35.3 Å². The highest BCUT2D eigenvalue weighted by Gasteiger charge is 2.12. The Kier molecular flexibility index (Phi) is 3.97. The Labute approximate surface area is 125 Å². The number of rotatable bonds is 2. The minimum atomic E-state index is 0.787. The van der Waals surface area contributed by atoms with Gasteiger partial charge in [-0.25, -0.2) is 4.98 Å². The molecule has 20 heavy (non-hydrogen) atoms. The van der Waals surface area contributed by atoms with Gasteiger partial charge in [-0.15, -0.1) is 0 Å². The van der Waals surface area contributed by atoms with E-state index >= 15 is 0 Å². The summed E-state index contributed by atoms with van der Waals surface area (Å²) in [4.78, 5) is 8.13. The average molecular weight is 284 g/mol. The van der Waals surface area contributed by atoms with Crippen molar-refractivity contribution in [3.05, 3.63) is 45.7 Å². The molecule has 0 atom stereocenters. The standard InChI is InChI=1S/C17H20N2S/c1-2-12-8-10-13(11-9-12)16-18-15-7-5-3-4-6-14(15)17(20)19-16/h8-11H,2-7H2,1H3,(H,18,19,20). The Balaban J connectivity index is 2.03. The van der Waals surface area contributed by atoms with Crippen LogP contribution < -0.4 is 0 Å². The lowest BCUT2D eigenvalue weighted by Crippen LogP contribution is -2.02. The molecule has 0 unspecified atom stereocenters. The molecule has 1 aromatic heterocycles. The number of benzene rings is 1. The van der Waals surface area contributed by atoms with Gasteiger partial charge >= 0.3 is 0 Å². The highest BCUT2D eigenvalue weighted by atomic mass is 32.1. The van der Waals surface area contributed by atoms with Crippen LogP contribution in [0.15, 0.2) is 24.3 Å². The molecule has 0 radical (unpaired) electrons. The van der Waals surface area contributed by atoms with Crippen molar-refractivity contribution < 1.29 is 0 Å². The molecular weight excluding hydrogens is 264 g/mol. The highest BCUT2D eigenvalue weighted by Crippen LogP contribution is 2.23. The third kappa shape index (κ3) is 2.68. The van der Waals surface area contributed by atoms with Gasteiger partial charge in [-0.05, 0) is 37.7 Å². The van der Waals surface area contributed by atoms with Gasteiger partial charge in [-0.3, -0.25) is 0 Å². The average Bonchev–Trinajstić information content (AvgIpc) is 2.73. The molecule has 3 rings (SSSR count). The summed E-state index contributed by atoms with van der Waals surface area (Å²) in [5, 5.41) is 0. The first-order chi connectivity index (χ1) is 9.78. The molecule has 2 aromatic rings. The molecule has 1 N–H and O–H groups in total. The first-order valence-electron chi connectivity index (χ1n) is 7.49. The molecule has 0 amide bonds. The number of nitrogens with one attached hydrogen (secondary N) is 1. The molecule has 0 bridgehead atoms. The van der Waals surface area contributed by atoms with Gasteiger partial charge in [-0.1, -0.05) is 49.8 Å². The minimum absolute atomic E-state index is 0.787. The van der Waals surface area contributed by atoms with E-state index in [1.165, 1.54) is 36.1 Å². The lowest BCUT2D eigenvalue weighted by molar-refractivity contribution is 0.708. The van der Waals surface area contributed by atoms with Crippen LogP contribution in [0.2, 0.25) is 0 Å². The fourth-order valence-corrected chi connectivity index (χ4v) is 3.15. The van der Waals surface area contributed by atoms with Gasteiger partial charge in [0.25, 0.3) is 0 Å². The first kappa shape index (κ1) is 13.5. The first-order valence-corrected chi connectivity index (χ1v) is 7.90. The quantitative estimate of drug-likeness (QED) is 0.643. The zero-order valence-electron chi connectivity index (χ0n) is 11.9. The number of hydrogen-bond donors (Lipinski definition) is 1. The van der Waals surface area contributed by atoms with Gasteiger partial charge in [0.2, 0.25) is 0 Å². The van der Waals surface area contributed by atoms with Gasteiger partial charge in [0.05, 0.1) is 0 Å². The Hall–Kier alpha value is -1.48. The van der Waals surface area contributed by atoms with Crippen LogP contribution in [0, 0.1) is 4.64 Å². The van der Waals surface area contributed by atoms with Crippen molar-refractivity contribution >= 4 is 12.2 Å². The lowest BCUT2D eigenvalue weighted by atomic mass is 10.1. The molecule has 0 spiro atoms. The van der Waals surface area contributed by atoms with Crippen LogP contribution in [0.3, 0.4) is 0 Å². The number of fused-ring (bicyclic) bond motifs is 1. The van der Waals surface area contributed by atoms with Crippen LogP contribution in [0.4, 0.5) is 0 Å². The van der Waals surface area contributed by atoms with E-state index in [9.17, 15) is 0 Å². The van der Waals surface area contributed by atoms with Crippen molar-refractivity contribution in [1.29, 1.82) is 0 Å². The van der Waals surface area contributed by atoms with Crippen molar-refractivity contribution in [2.45, 2.75) is 45.4 Å². The second-order valence-electron chi connectivity index (χ2n) is 5.46. The summed E-state index contributed by atoms with van der Waals surface area (Å²) in [6.07, 6.45) is 7.01. The van der Waals surface area contributed by atoms with Crippen molar-refractivity contribution in [3.8, 4) is 11.4 Å². The Bertz CT molecular complexity index is 656. The van der Waals surface area contributed by atoms with Crippen molar-refractivity contribution in [2.24, 2.45) is 0 Å². The maximum atomic E-state index is 5.50. The van der Waals surface area contributed by atoms with Crippen LogP contribution >= 0.6 is 12.2 Å². The SMILES string of the molecule is CCc1ccc(-c2nc(=S)c3c([nH]2)CCCCC3)cc1. The van der Waals surface area contributed by atoms with E-state index in [4.69, 9.17) is 12.2 Å². The van der Waals surface area contributed by atoms with Crippen LogP contribution in [0.25, 0.3) is 11.4 Å². The maximum Gasteiger partial charge on any atom is 0.139 e. The van der Waals surface area contributed by atoms with Crippen molar-refractivity contribution in [2.75, 3.05) is 0 Å². The van der Waals surface area contributed by atoms with E-state index in [-0.39, 0.29) is 0 Å². The molecule has 1 aromatic carbocycles. The number of aromatic nitrogens is 2. The summed E-state index contributed by atoms with van der Waals surface area (Å²) in [7, 11) is 0. The number of nitrogens with zero attached hydrogens (tertiary/aromatic N) is 1. The summed E-state index contributed by atoms with van der Waals surface area (Å²) < 4.78 is 0.787. The summed E-state index contributed by atoms with van der Waals surface area (Å²) >= 11 is 5.50. The van der Waals surface area contributed by atoms with Crippen LogP contribution in [0.1, 0.15) is 43.0 Å². The molecule has 1 heterocycles. The number of aryl methyl sites for hydroxylation is 2. The van der Waals surface area contributed by atoms with E-state index in [1.807, 2.05) is 0 Å². The van der Waals surface area contributed by atoms with E-state index in [1.54, 1.807) is 0 Å². The number of H-pyrrole nitrogens is 1. The topological polar surface area (TPSA) is 28.7 Å². The zero-order chi connectivity index (χ0) is 13.9. The Morgan fingerprint density at radius 1 is 1.10 bits per heavy atom. The maximum absolute atomic E-state index is 5.50. The molecule has 104 valence electrons. The monoisotopic (exact) mass is 284 g/mol. The molecule has 0 saturated heterocycles. The highest BCUT2D eigenvalue weighted by molar-refractivity contribution is 7.71. The van der Waals surface area contributed by atoms with Gasteiger partial charge in [0.15, 0.2) is 0 Å². The third-order valence-electron chi connectivity index (χ3n) is 4.09. The second-order valence-corrected chi connectivity index (χ2v) is 5.85. The molecular formula is C17H20N2S. The molecule has 3 heteroatoms. The van der Waals surface area contributed by atoms with E-state index in [2.05, 4.69) is 41.2 Å². The van der Waals surface area contributed by atoms with Crippen LogP contribution in [-0.2, 0) is 19.3 Å². The molecule has 0 fully saturated rings. The van der Waals surface area contributed by atoms with Gasteiger partial charge < -0.3 is 4.98 Å². The van der Waals surface area contributed by atoms with E-state index in [0.29, 0.717) is 0 Å². The van der Waals surface area contributed by atoms with Gasteiger partial charge in [-0.2, -0.15) is 0 Å². The minimum Gasteiger partial charge on any atom is -0.343 e. The fraction of sp³-hybridized carbons (Fsp3) is 0.412. The smallest absolute Gasteiger partial charge is 0.139 e. The molecule has 1 aliphatic carbocycles. The fourth-order valence-electron chi connectivity index (χ4n) is 2.83. The van der Waals surface area contributed by atoms with Gasteiger partial charge in [0, 0.05) is 16.8 Å². The van der Waals surface area contributed by atoms with Crippen molar-refractivity contribution in [3.63, 3.8) is 0 Å². The zero-order valence-corrected chi connectivity index (χ0v) is 12.7. The van der Waals surface area contributed by atoms with E-state index < -0.39 is 0 Å². The van der Waals surface area contributed by atoms with Crippen LogP contribution in [0.5, 0.6) is 0 Å². The summed E-state index contributed by atoms with van der Waals surface area (Å²) in [6.45, 7) is 2.17. The molecule has 0 aliphatic heterocycles. The summed E-state index contributed by atoms with van der Waals surface area (Å²) in [5.74, 6) is 0.915. The second kappa shape index (κ2) is 5.88. The Morgan fingerprint density at radius 2 is 1.85 bits per heavy atom. The third-order valence-corrected chi connectivity index (χ3v) is 4.43. The summed E-state index contributed by atoms with van der Waals surface area (Å²) in [6, 6.07) is 8.60. The Morgan fingerprint density at radius 3 is 2.60 bits per heavy atom. The van der Waals surface area contributed by atoms with Crippen molar-refractivity contribution in [1.82, 2.24) is 9.97 Å². The number of aromatic amines is 1. The summed E-state index contributed by atoms with van der Waals surface area (Å²) in [5.41, 5.74) is 5.05. The molecule has 1 aliphatic rings. The van der Waals surface area contributed by atoms with Crippen LogP contribution in [-0.4, -0.2) is 9.97 Å². The largest absolute Gasteiger partial charge is 0.343 e. The predicted octanol–water partition coefficient (Wildman–Crippen LogP) is 4.64. The predicted molar refractivity (Wildman–Crippen MR) is 85.5 cm³/mol. The number of hydrogen-bond acceptors (Lipinski definition) is 2.